The van der Waals surface area contributed by atoms with Gasteiger partial charge in [-0.15, -0.1) is 0 Å². The molecule has 0 aliphatic heterocycles. The molecule has 0 saturated carbocycles. The molecule has 0 aliphatic rings. The van der Waals surface area contributed by atoms with Crippen LogP contribution in [-0.4, -0.2) is 6.04 Å². The molecule has 0 radical (unpaired) electrons. The van der Waals surface area contributed by atoms with Crippen LogP contribution in [0.15, 0.2) is 48.5 Å². The molecular weight excluding hydrogens is 218 g/mol. The van der Waals surface area contributed by atoms with Gasteiger partial charge in [0.25, 0.3) is 0 Å². The first-order chi connectivity index (χ1) is 8.69. The van der Waals surface area contributed by atoms with E-state index in [1.165, 1.54) is 22.3 Å². The van der Waals surface area contributed by atoms with Crippen molar-refractivity contribution in [1.29, 1.82) is 0 Å². The van der Waals surface area contributed by atoms with Crippen LogP contribution >= 0.6 is 0 Å². The van der Waals surface area contributed by atoms with E-state index in [4.69, 9.17) is 5.73 Å². The predicted molar refractivity (Wildman–Crippen MR) is 78.6 cm³/mol. The van der Waals surface area contributed by atoms with E-state index in [2.05, 4.69) is 62.4 Å². The second-order valence-electron chi connectivity index (χ2n) is 4.94. The number of hydrogen-bond donors (Lipinski definition) is 1. The van der Waals surface area contributed by atoms with E-state index >= 15 is 0 Å². The van der Waals surface area contributed by atoms with Gasteiger partial charge >= 0.3 is 0 Å². The van der Waals surface area contributed by atoms with Gasteiger partial charge in [-0.1, -0.05) is 61.0 Å². The van der Waals surface area contributed by atoms with Crippen LogP contribution in [0.25, 0.3) is 11.1 Å². The minimum atomic E-state index is 0.273. The summed E-state index contributed by atoms with van der Waals surface area (Å²) >= 11 is 0. The van der Waals surface area contributed by atoms with Gasteiger partial charge < -0.3 is 5.73 Å². The van der Waals surface area contributed by atoms with Crippen LogP contribution in [0.2, 0.25) is 0 Å². The maximum absolute atomic E-state index is 5.97. The Labute approximate surface area is 110 Å². The summed E-state index contributed by atoms with van der Waals surface area (Å²) in [6.07, 6.45) is 1.99. The summed E-state index contributed by atoms with van der Waals surface area (Å²) in [5.74, 6) is 0. The predicted octanol–water partition coefficient (Wildman–Crippen LogP) is 3.94. The van der Waals surface area contributed by atoms with Gasteiger partial charge in [0.2, 0.25) is 0 Å². The molecule has 1 unspecified atom stereocenters. The molecule has 0 bridgehead atoms. The zero-order valence-electron chi connectivity index (χ0n) is 11.2. The summed E-state index contributed by atoms with van der Waals surface area (Å²) in [7, 11) is 0. The number of aryl methyl sites for hydroxylation is 1. The Morgan fingerprint density at radius 2 is 1.39 bits per heavy atom. The van der Waals surface area contributed by atoms with E-state index < -0.39 is 0 Å². The first-order valence-electron chi connectivity index (χ1n) is 6.60. The lowest BCUT2D eigenvalue weighted by Gasteiger charge is -2.09. The normalized spacial score (nSPS) is 12.4. The van der Waals surface area contributed by atoms with Crippen LogP contribution in [0.5, 0.6) is 0 Å². The first-order valence-corrected chi connectivity index (χ1v) is 6.60. The molecule has 1 atom stereocenters. The molecule has 2 rings (SSSR count). The Balaban J connectivity index is 2.14. The molecule has 0 amide bonds. The highest BCUT2D eigenvalue weighted by atomic mass is 14.6. The zero-order valence-corrected chi connectivity index (χ0v) is 11.2. The minimum Gasteiger partial charge on any atom is -0.327 e. The SMILES string of the molecule is CCC(N)Cc1ccc(-c2ccc(C)cc2)cc1. The van der Waals surface area contributed by atoms with Crippen molar-refractivity contribution in [2.45, 2.75) is 32.7 Å². The van der Waals surface area contributed by atoms with Gasteiger partial charge in [-0.05, 0) is 36.5 Å². The van der Waals surface area contributed by atoms with Crippen molar-refractivity contribution in [3.63, 3.8) is 0 Å². The molecule has 0 heterocycles. The Bertz CT molecular complexity index is 482. The summed E-state index contributed by atoms with van der Waals surface area (Å²) in [5.41, 5.74) is 11.1. The highest BCUT2D eigenvalue weighted by molar-refractivity contribution is 5.63. The lowest BCUT2D eigenvalue weighted by molar-refractivity contribution is 0.646. The standard InChI is InChI=1S/C17H21N/c1-3-17(18)12-14-6-10-16(11-7-14)15-8-4-13(2)5-9-15/h4-11,17H,3,12,18H2,1-2H3. The monoisotopic (exact) mass is 239 g/mol. The zero-order chi connectivity index (χ0) is 13.0. The van der Waals surface area contributed by atoms with E-state index in [0.29, 0.717) is 0 Å². The Morgan fingerprint density at radius 1 is 0.889 bits per heavy atom. The highest BCUT2D eigenvalue weighted by Crippen LogP contribution is 2.20. The third-order valence-corrected chi connectivity index (χ3v) is 3.36. The fourth-order valence-electron chi connectivity index (χ4n) is 2.03. The molecule has 0 spiro atoms. The van der Waals surface area contributed by atoms with Crippen molar-refractivity contribution >= 4 is 0 Å². The van der Waals surface area contributed by atoms with Crippen molar-refractivity contribution < 1.29 is 0 Å². The van der Waals surface area contributed by atoms with E-state index in [0.717, 1.165) is 12.8 Å². The average molecular weight is 239 g/mol. The molecule has 18 heavy (non-hydrogen) atoms. The van der Waals surface area contributed by atoms with E-state index in [-0.39, 0.29) is 6.04 Å². The molecule has 94 valence electrons. The first kappa shape index (κ1) is 12.8. The topological polar surface area (TPSA) is 26.0 Å². The lowest BCUT2D eigenvalue weighted by atomic mass is 9.99. The summed E-state index contributed by atoms with van der Waals surface area (Å²) in [6.45, 7) is 4.24. The summed E-state index contributed by atoms with van der Waals surface area (Å²) in [5, 5.41) is 0. The molecule has 0 aliphatic carbocycles. The number of rotatable bonds is 4. The molecule has 2 aromatic carbocycles. The Hall–Kier alpha value is -1.60. The van der Waals surface area contributed by atoms with Gasteiger partial charge in [0.15, 0.2) is 0 Å². The van der Waals surface area contributed by atoms with E-state index in [9.17, 15) is 0 Å². The average Bonchev–Trinajstić information content (AvgIpc) is 2.40. The van der Waals surface area contributed by atoms with Crippen LogP contribution in [0.3, 0.4) is 0 Å². The van der Waals surface area contributed by atoms with E-state index in [1.807, 2.05) is 0 Å². The van der Waals surface area contributed by atoms with Gasteiger partial charge in [-0.2, -0.15) is 0 Å². The second-order valence-corrected chi connectivity index (χ2v) is 4.94. The minimum absolute atomic E-state index is 0.273. The smallest absolute Gasteiger partial charge is 0.00766 e. The third kappa shape index (κ3) is 3.21. The van der Waals surface area contributed by atoms with Crippen molar-refractivity contribution in [2.24, 2.45) is 5.73 Å². The number of nitrogens with two attached hydrogens (primary N) is 1. The summed E-state index contributed by atoms with van der Waals surface area (Å²) in [6, 6.07) is 17.6. The Kier molecular flexibility index (Phi) is 4.16. The maximum Gasteiger partial charge on any atom is 0.00766 e. The second kappa shape index (κ2) is 5.83. The molecule has 0 aromatic heterocycles. The maximum atomic E-state index is 5.97. The van der Waals surface area contributed by atoms with Crippen molar-refractivity contribution in [3.05, 3.63) is 59.7 Å². The summed E-state index contributed by atoms with van der Waals surface area (Å²) < 4.78 is 0. The van der Waals surface area contributed by atoms with Crippen LogP contribution in [0.1, 0.15) is 24.5 Å². The van der Waals surface area contributed by atoms with E-state index in [1.54, 1.807) is 0 Å². The molecule has 1 nitrogen and oxygen atoms in total. The fraction of sp³-hybridized carbons (Fsp3) is 0.294. The third-order valence-electron chi connectivity index (χ3n) is 3.36. The van der Waals surface area contributed by atoms with Gasteiger partial charge in [0.05, 0.1) is 0 Å². The highest BCUT2D eigenvalue weighted by Gasteiger charge is 2.02. The van der Waals surface area contributed by atoms with Crippen molar-refractivity contribution in [3.8, 4) is 11.1 Å². The number of hydrogen-bond acceptors (Lipinski definition) is 1. The lowest BCUT2D eigenvalue weighted by Crippen LogP contribution is -2.21. The van der Waals surface area contributed by atoms with Crippen LogP contribution in [0, 0.1) is 6.92 Å². The quantitative estimate of drug-likeness (QED) is 0.859. The van der Waals surface area contributed by atoms with Gasteiger partial charge in [0, 0.05) is 6.04 Å². The fourth-order valence-corrected chi connectivity index (χ4v) is 2.03. The van der Waals surface area contributed by atoms with Crippen LogP contribution < -0.4 is 5.73 Å². The largest absolute Gasteiger partial charge is 0.327 e. The molecule has 0 fully saturated rings. The molecule has 2 N–H and O–H groups in total. The van der Waals surface area contributed by atoms with Crippen molar-refractivity contribution in [2.75, 3.05) is 0 Å². The van der Waals surface area contributed by atoms with Crippen LogP contribution in [0.4, 0.5) is 0 Å². The number of benzene rings is 2. The van der Waals surface area contributed by atoms with Gasteiger partial charge in [-0.3, -0.25) is 0 Å². The van der Waals surface area contributed by atoms with Crippen LogP contribution in [-0.2, 0) is 6.42 Å². The Morgan fingerprint density at radius 3 is 1.89 bits per heavy atom. The molecule has 1 heteroatoms. The molecule has 0 saturated heterocycles. The molecular formula is C17H21N. The van der Waals surface area contributed by atoms with Gasteiger partial charge in [-0.25, -0.2) is 0 Å². The summed E-state index contributed by atoms with van der Waals surface area (Å²) in [4.78, 5) is 0. The molecule has 2 aromatic rings. The van der Waals surface area contributed by atoms with Gasteiger partial charge in [0.1, 0.15) is 0 Å². The van der Waals surface area contributed by atoms with Crippen molar-refractivity contribution in [1.82, 2.24) is 0 Å².